The van der Waals surface area contributed by atoms with Gasteiger partial charge in [0.15, 0.2) is 6.61 Å². The maximum atomic E-state index is 13.3. The average molecular weight is 475 g/mol. The number of hydrogen-bond acceptors (Lipinski definition) is 4. The molecule has 6 heteroatoms. The van der Waals surface area contributed by atoms with Crippen molar-refractivity contribution in [3.05, 3.63) is 89.4 Å². The van der Waals surface area contributed by atoms with Gasteiger partial charge in [0.25, 0.3) is 11.8 Å². The van der Waals surface area contributed by atoms with Gasteiger partial charge >= 0.3 is 0 Å². The third-order valence-corrected chi connectivity index (χ3v) is 7.01. The molecule has 6 nitrogen and oxygen atoms in total. The Morgan fingerprint density at radius 1 is 1.03 bits per heavy atom. The fourth-order valence-electron chi connectivity index (χ4n) is 4.83. The molecule has 1 saturated heterocycles. The molecular formula is C29H34N2O4. The Morgan fingerprint density at radius 3 is 2.34 bits per heavy atom. The van der Waals surface area contributed by atoms with Crippen LogP contribution < -0.4 is 4.74 Å². The van der Waals surface area contributed by atoms with Gasteiger partial charge in [-0.3, -0.25) is 9.59 Å². The van der Waals surface area contributed by atoms with Crippen LogP contribution in [0.25, 0.3) is 0 Å². The number of nitrogens with zero attached hydrogens (tertiary/aromatic N) is 2. The van der Waals surface area contributed by atoms with Crippen molar-refractivity contribution >= 4 is 11.8 Å². The standard InChI is InChI=1S/C29H34N2O4/c1-21-9-11-25(12-10-21)35-20-28(32)31-16-13-24(14-17-31)27(19-23-7-5-4-6-8-23)30(3)29(33)26-15-18-34-22(26)2/h4-12,15,18,24,27H,13-14,16-17,19-20H2,1-3H3. The SMILES string of the molecule is Cc1ccc(OCC(=O)N2CCC(C(Cc3ccccc3)N(C)C(=O)c3ccoc3C)CC2)cc1. The van der Waals surface area contributed by atoms with Crippen molar-refractivity contribution in [3.63, 3.8) is 0 Å². The van der Waals surface area contributed by atoms with E-state index in [2.05, 4.69) is 12.1 Å². The highest BCUT2D eigenvalue weighted by molar-refractivity contribution is 5.95. The summed E-state index contributed by atoms with van der Waals surface area (Å²) in [5.74, 6) is 1.61. The molecule has 2 heterocycles. The number of rotatable bonds is 8. The van der Waals surface area contributed by atoms with Gasteiger partial charge in [0, 0.05) is 26.2 Å². The molecular weight excluding hydrogens is 440 g/mol. The maximum Gasteiger partial charge on any atom is 0.260 e. The molecule has 35 heavy (non-hydrogen) atoms. The average Bonchev–Trinajstić information content (AvgIpc) is 3.32. The van der Waals surface area contributed by atoms with Crippen LogP contribution in [0.1, 0.15) is 40.1 Å². The zero-order valence-corrected chi connectivity index (χ0v) is 20.8. The van der Waals surface area contributed by atoms with Crippen LogP contribution in [0.5, 0.6) is 5.75 Å². The van der Waals surface area contributed by atoms with Gasteiger partial charge in [-0.05, 0) is 62.8 Å². The highest BCUT2D eigenvalue weighted by atomic mass is 16.5. The van der Waals surface area contributed by atoms with Gasteiger partial charge in [0.05, 0.1) is 11.8 Å². The van der Waals surface area contributed by atoms with Crippen LogP contribution in [-0.2, 0) is 11.2 Å². The highest BCUT2D eigenvalue weighted by Crippen LogP contribution is 2.28. The van der Waals surface area contributed by atoms with E-state index in [9.17, 15) is 9.59 Å². The van der Waals surface area contributed by atoms with Crippen LogP contribution in [0, 0.1) is 19.8 Å². The third kappa shape index (κ3) is 6.13. The molecule has 2 aromatic carbocycles. The number of piperidine rings is 1. The molecule has 1 aliphatic heterocycles. The number of carbonyl (C=O) groups is 2. The normalized spacial score (nSPS) is 15.0. The Kier molecular flexibility index (Phi) is 7.91. The van der Waals surface area contributed by atoms with Gasteiger partial charge in [-0.1, -0.05) is 48.0 Å². The summed E-state index contributed by atoms with van der Waals surface area (Å²) in [5, 5.41) is 0. The van der Waals surface area contributed by atoms with Crippen LogP contribution in [0.3, 0.4) is 0 Å². The summed E-state index contributed by atoms with van der Waals surface area (Å²) in [6.45, 7) is 5.21. The predicted molar refractivity (Wildman–Crippen MR) is 135 cm³/mol. The molecule has 0 saturated carbocycles. The molecule has 0 spiro atoms. The number of furan rings is 1. The Morgan fingerprint density at radius 2 is 1.71 bits per heavy atom. The summed E-state index contributed by atoms with van der Waals surface area (Å²) in [4.78, 5) is 29.8. The lowest BCUT2D eigenvalue weighted by atomic mass is 9.84. The van der Waals surface area contributed by atoms with E-state index >= 15 is 0 Å². The van der Waals surface area contributed by atoms with Gasteiger partial charge in [-0.15, -0.1) is 0 Å². The van der Waals surface area contributed by atoms with Gasteiger partial charge in [-0.2, -0.15) is 0 Å². The van der Waals surface area contributed by atoms with E-state index in [-0.39, 0.29) is 24.5 Å². The second-order valence-corrected chi connectivity index (χ2v) is 9.38. The first kappa shape index (κ1) is 24.6. The van der Waals surface area contributed by atoms with E-state index in [1.165, 1.54) is 5.56 Å². The van der Waals surface area contributed by atoms with E-state index in [0.717, 1.165) is 24.8 Å². The quantitative estimate of drug-likeness (QED) is 0.466. The lowest BCUT2D eigenvalue weighted by Crippen LogP contribution is -2.49. The number of likely N-dealkylation sites (tertiary alicyclic amines) is 1. The van der Waals surface area contributed by atoms with Gasteiger partial charge in [0.1, 0.15) is 11.5 Å². The van der Waals surface area contributed by atoms with Crippen LogP contribution in [0.4, 0.5) is 0 Å². The number of hydrogen-bond donors (Lipinski definition) is 0. The summed E-state index contributed by atoms with van der Waals surface area (Å²) >= 11 is 0. The number of aryl methyl sites for hydroxylation is 2. The van der Waals surface area contributed by atoms with Crippen LogP contribution in [-0.4, -0.2) is 54.4 Å². The summed E-state index contributed by atoms with van der Waals surface area (Å²) in [6.07, 6.45) is 4.02. The Balaban J connectivity index is 1.40. The first-order chi connectivity index (χ1) is 16.9. The second kappa shape index (κ2) is 11.3. The summed E-state index contributed by atoms with van der Waals surface area (Å²) in [5.41, 5.74) is 2.96. The minimum absolute atomic E-state index is 0.00193. The molecule has 1 unspecified atom stereocenters. The maximum absolute atomic E-state index is 13.3. The smallest absolute Gasteiger partial charge is 0.260 e. The highest BCUT2D eigenvalue weighted by Gasteiger charge is 2.33. The number of carbonyl (C=O) groups excluding carboxylic acids is 2. The van der Waals surface area contributed by atoms with E-state index in [0.29, 0.717) is 36.1 Å². The molecule has 1 aromatic heterocycles. The first-order valence-electron chi connectivity index (χ1n) is 12.2. The summed E-state index contributed by atoms with van der Waals surface area (Å²) in [6, 6.07) is 19.8. The number of amides is 2. The van der Waals surface area contributed by atoms with Gasteiger partial charge in [0.2, 0.25) is 0 Å². The molecule has 0 radical (unpaired) electrons. The molecule has 4 rings (SSSR count). The van der Waals surface area contributed by atoms with Gasteiger partial charge < -0.3 is 19.0 Å². The minimum Gasteiger partial charge on any atom is -0.484 e. The topological polar surface area (TPSA) is 63.0 Å². The van der Waals surface area contributed by atoms with Crippen molar-refractivity contribution < 1.29 is 18.7 Å². The Bertz CT molecular complexity index is 1120. The fraction of sp³-hybridized carbons (Fsp3) is 0.379. The fourth-order valence-corrected chi connectivity index (χ4v) is 4.83. The molecule has 0 aliphatic carbocycles. The van der Waals surface area contributed by atoms with Crippen molar-refractivity contribution in [2.75, 3.05) is 26.7 Å². The molecule has 0 bridgehead atoms. The van der Waals surface area contributed by atoms with Crippen molar-refractivity contribution in [2.24, 2.45) is 5.92 Å². The molecule has 3 aromatic rings. The minimum atomic E-state index is -0.0258. The lowest BCUT2D eigenvalue weighted by molar-refractivity contribution is -0.135. The first-order valence-corrected chi connectivity index (χ1v) is 12.2. The van der Waals surface area contributed by atoms with Crippen LogP contribution >= 0.6 is 0 Å². The van der Waals surface area contributed by atoms with Crippen molar-refractivity contribution in [3.8, 4) is 5.75 Å². The van der Waals surface area contributed by atoms with Crippen molar-refractivity contribution in [1.82, 2.24) is 9.80 Å². The molecule has 1 fully saturated rings. The zero-order valence-electron chi connectivity index (χ0n) is 20.8. The predicted octanol–water partition coefficient (Wildman–Crippen LogP) is 4.90. The molecule has 1 atom stereocenters. The largest absolute Gasteiger partial charge is 0.484 e. The van der Waals surface area contributed by atoms with E-state index in [4.69, 9.17) is 9.15 Å². The summed E-state index contributed by atoms with van der Waals surface area (Å²) < 4.78 is 11.1. The number of likely N-dealkylation sites (N-methyl/N-ethyl adjacent to an activating group) is 1. The monoisotopic (exact) mass is 474 g/mol. The third-order valence-electron chi connectivity index (χ3n) is 7.01. The van der Waals surface area contributed by atoms with Gasteiger partial charge in [-0.25, -0.2) is 0 Å². The molecule has 2 amide bonds. The molecule has 184 valence electrons. The van der Waals surface area contributed by atoms with E-state index in [1.54, 1.807) is 12.3 Å². The number of ether oxygens (including phenoxy) is 1. The molecule has 1 aliphatic rings. The van der Waals surface area contributed by atoms with Crippen LogP contribution in [0.15, 0.2) is 71.3 Å². The Labute approximate surface area is 207 Å². The lowest BCUT2D eigenvalue weighted by Gasteiger charge is -2.40. The van der Waals surface area contributed by atoms with E-state index in [1.807, 2.05) is 73.2 Å². The number of benzene rings is 2. The van der Waals surface area contributed by atoms with E-state index < -0.39 is 0 Å². The summed E-state index contributed by atoms with van der Waals surface area (Å²) in [7, 11) is 1.88. The molecule has 0 N–H and O–H groups in total. The van der Waals surface area contributed by atoms with Crippen LogP contribution in [0.2, 0.25) is 0 Å². The zero-order chi connectivity index (χ0) is 24.8. The Hall–Kier alpha value is -3.54. The van der Waals surface area contributed by atoms with Crippen molar-refractivity contribution in [2.45, 2.75) is 39.2 Å². The van der Waals surface area contributed by atoms with Crippen molar-refractivity contribution in [1.29, 1.82) is 0 Å². The second-order valence-electron chi connectivity index (χ2n) is 9.38.